The predicted octanol–water partition coefficient (Wildman–Crippen LogP) is 7.15. The Morgan fingerprint density at radius 3 is 2.09 bits per heavy atom. The minimum atomic E-state index is -0.341. The number of benzene rings is 2. The van der Waals surface area contributed by atoms with E-state index in [1.54, 1.807) is 0 Å². The number of hydrogen-bond donors (Lipinski definition) is 1. The first-order valence-corrected chi connectivity index (χ1v) is 13.0. The van der Waals surface area contributed by atoms with Crippen LogP contribution in [0, 0.1) is 0 Å². The predicted molar refractivity (Wildman–Crippen MR) is 135 cm³/mol. The Kier molecular flexibility index (Phi) is 6.51. The van der Waals surface area contributed by atoms with Crippen molar-refractivity contribution in [3.8, 4) is 5.75 Å². The molecule has 0 atom stereocenters. The van der Waals surface area contributed by atoms with Crippen molar-refractivity contribution in [2.75, 3.05) is 0 Å². The van der Waals surface area contributed by atoms with Crippen LogP contribution in [0.2, 0.25) is 5.02 Å². The highest BCUT2D eigenvalue weighted by molar-refractivity contribution is 9.11. The second-order valence-electron chi connectivity index (χ2n) is 8.63. The van der Waals surface area contributed by atoms with Gasteiger partial charge in [-0.1, -0.05) is 23.7 Å². The number of ketones is 2. The molecule has 4 nitrogen and oxygen atoms in total. The van der Waals surface area contributed by atoms with E-state index in [9.17, 15) is 9.59 Å². The van der Waals surface area contributed by atoms with Gasteiger partial charge in [0.2, 0.25) is 0 Å². The summed E-state index contributed by atoms with van der Waals surface area (Å²) in [5.41, 5.74) is 5.35. The van der Waals surface area contributed by atoms with Crippen LogP contribution in [0.25, 0.3) is 0 Å². The lowest BCUT2D eigenvalue weighted by Gasteiger charge is -2.37. The van der Waals surface area contributed by atoms with Gasteiger partial charge < -0.3 is 10.1 Å². The first-order chi connectivity index (χ1) is 15.9. The van der Waals surface area contributed by atoms with Gasteiger partial charge in [0.1, 0.15) is 12.4 Å². The summed E-state index contributed by atoms with van der Waals surface area (Å²) in [5.74, 6) is 0.590. The number of nitrogens with one attached hydrogen (secondary N) is 1. The van der Waals surface area contributed by atoms with Crippen LogP contribution in [0.4, 0.5) is 0 Å². The zero-order valence-corrected chi connectivity index (χ0v) is 21.8. The number of halogens is 3. The van der Waals surface area contributed by atoms with E-state index in [2.05, 4.69) is 37.2 Å². The molecule has 33 heavy (non-hydrogen) atoms. The molecular weight excluding hydrogens is 570 g/mol. The van der Waals surface area contributed by atoms with Crippen LogP contribution in [-0.4, -0.2) is 11.6 Å². The molecule has 5 rings (SSSR count). The lowest BCUT2D eigenvalue weighted by atomic mass is 9.71. The maximum absolute atomic E-state index is 13.0. The van der Waals surface area contributed by atoms with Gasteiger partial charge in [-0.05, 0) is 92.9 Å². The highest BCUT2D eigenvalue weighted by atomic mass is 79.9. The van der Waals surface area contributed by atoms with Crippen molar-refractivity contribution in [2.24, 2.45) is 0 Å². The Morgan fingerprint density at radius 2 is 1.52 bits per heavy atom. The molecular formula is C26H22Br2ClNO3. The molecule has 3 aliphatic rings. The maximum atomic E-state index is 13.0. The van der Waals surface area contributed by atoms with Crippen molar-refractivity contribution in [3.05, 3.63) is 84.0 Å². The Morgan fingerprint density at radius 1 is 0.909 bits per heavy atom. The van der Waals surface area contributed by atoms with E-state index >= 15 is 0 Å². The van der Waals surface area contributed by atoms with E-state index in [1.807, 2.05) is 36.4 Å². The van der Waals surface area contributed by atoms with E-state index in [0.717, 1.165) is 68.3 Å². The summed E-state index contributed by atoms with van der Waals surface area (Å²) < 4.78 is 7.62. The van der Waals surface area contributed by atoms with Crippen LogP contribution in [0.5, 0.6) is 5.75 Å². The summed E-state index contributed by atoms with van der Waals surface area (Å²) in [6.07, 6.45) is 4.42. The highest BCUT2D eigenvalue weighted by Crippen LogP contribution is 2.47. The van der Waals surface area contributed by atoms with Gasteiger partial charge in [-0.3, -0.25) is 9.59 Å². The molecule has 7 heteroatoms. The molecule has 0 spiro atoms. The fourth-order valence-corrected chi connectivity index (χ4v) is 6.65. The summed E-state index contributed by atoms with van der Waals surface area (Å²) >= 11 is 13.4. The number of allylic oxidation sites excluding steroid dienone is 4. The van der Waals surface area contributed by atoms with E-state index in [-0.39, 0.29) is 17.5 Å². The van der Waals surface area contributed by atoms with E-state index < -0.39 is 0 Å². The maximum Gasteiger partial charge on any atom is 0.161 e. The van der Waals surface area contributed by atoms with Gasteiger partial charge in [0.25, 0.3) is 0 Å². The number of ether oxygens (including phenoxy) is 1. The lowest BCUT2D eigenvalue weighted by Crippen LogP contribution is -2.36. The molecule has 0 bridgehead atoms. The van der Waals surface area contributed by atoms with Gasteiger partial charge in [-0.2, -0.15) is 0 Å². The quantitative estimate of drug-likeness (QED) is 0.411. The standard InChI is InChI=1S/C26H22Br2ClNO3/c27-17-11-15(12-18(28)26(17)33-13-14-4-1-5-16(29)10-14)23-24-19(6-2-8-21(24)31)30-20-7-3-9-22(32)25(20)23/h1,4-5,10-12,23,30H,2-3,6-9,13H2. The van der Waals surface area contributed by atoms with Gasteiger partial charge in [0.15, 0.2) is 11.6 Å². The molecule has 0 fully saturated rings. The fraction of sp³-hybridized carbons (Fsp3) is 0.308. The zero-order valence-electron chi connectivity index (χ0n) is 17.8. The SMILES string of the molecule is O=C1CCCC2=C1C(c1cc(Br)c(OCc3cccc(Cl)c3)c(Br)c1)C1=C(CCCC1=O)N2. The molecule has 0 unspecified atom stereocenters. The molecule has 0 amide bonds. The second kappa shape index (κ2) is 9.40. The van der Waals surface area contributed by atoms with Gasteiger partial charge in [0, 0.05) is 46.3 Å². The summed E-state index contributed by atoms with van der Waals surface area (Å²) in [6, 6.07) is 11.5. The smallest absolute Gasteiger partial charge is 0.161 e. The molecule has 0 saturated heterocycles. The van der Waals surface area contributed by atoms with E-state index in [0.29, 0.717) is 30.2 Å². The van der Waals surface area contributed by atoms with Crippen LogP contribution >= 0.6 is 43.5 Å². The number of Topliss-reactive ketones (excluding diaryl/α,β-unsaturated/α-hetero) is 2. The number of hydrogen-bond acceptors (Lipinski definition) is 4. The average Bonchev–Trinajstić information content (AvgIpc) is 2.77. The molecule has 1 aliphatic heterocycles. The third-order valence-electron chi connectivity index (χ3n) is 6.42. The molecule has 2 aromatic carbocycles. The fourth-order valence-electron chi connectivity index (χ4n) is 4.98. The Bertz CT molecular complexity index is 1170. The molecule has 2 aliphatic carbocycles. The zero-order chi connectivity index (χ0) is 23.1. The molecule has 0 radical (unpaired) electrons. The summed E-state index contributed by atoms with van der Waals surface area (Å²) in [6.45, 7) is 0.367. The third-order valence-corrected chi connectivity index (χ3v) is 7.83. The van der Waals surface area contributed by atoms with Crippen molar-refractivity contribution in [1.82, 2.24) is 5.32 Å². The molecule has 170 valence electrons. The monoisotopic (exact) mass is 589 g/mol. The van der Waals surface area contributed by atoms with Crippen LogP contribution in [-0.2, 0) is 16.2 Å². The number of dihydropyridines is 1. The Labute approximate surface area is 214 Å². The number of carbonyl (C=O) groups excluding carboxylic acids is 2. The van der Waals surface area contributed by atoms with Crippen LogP contribution in [0.3, 0.4) is 0 Å². The van der Waals surface area contributed by atoms with E-state index in [4.69, 9.17) is 16.3 Å². The Balaban J connectivity index is 1.53. The van der Waals surface area contributed by atoms with Crippen molar-refractivity contribution >= 4 is 55.0 Å². The molecule has 0 saturated carbocycles. The van der Waals surface area contributed by atoms with Gasteiger partial charge >= 0.3 is 0 Å². The summed E-state index contributed by atoms with van der Waals surface area (Å²) in [7, 11) is 0. The number of carbonyl (C=O) groups is 2. The third kappa shape index (κ3) is 4.45. The Hall–Kier alpha value is -1.89. The van der Waals surface area contributed by atoms with Crippen LogP contribution in [0.1, 0.15) is 55.6 Å². The minimum Gasteiger partial charge on any atom is -0.487 e. The lowest BCUT2D eigenvalue weighted by molar-refractivity contribution is -0.116. The number of rotatable bonds is 4. The molecule has 2 aromatic rings. The largest absolute Gasteiger partial charge is 0.487 e. The van der Waals surface area contributed by atoms with Gasteiger partial charge in [0.05, 0.1) is 8.95 Å². The van der Waals surface area contributed by atoms with Crippen LogP contribution in [0.15, 0.2) is 67.9 Å². The van der Waals surface area contributed by atoms with Crippen molar-refractivity contribution in [2.45, 2.75) is 51.0 Å². The van der Waals surface area contributed by atoms with Crippen molar-refractivity contribution in [3.63, 3.8) is 0 Å². The summed E-state index contributed by atoms with van der Waals surface area (Å²) in [5, 5.41) is 4.12. The highest BCUT2D eigenvalue weighted by Gasteiger charge is 2.40. The second-order valence-corrected chi connectivity index (χ2v) is 10.8. The normalized spacial score (nSPS) is 18.8. The van der Waals surface area contributed by atoms with Gasteiger partial charge in [-0.15, -0.1) is 0 Å². The average molecular weight is 592 g/mol. The first kappa shape index (κ1) is 22.9. The van der Waals surface area contributed by atoms with E-state index in [1.165, 1.54) is 0 Å². The molecule has 1 N–H and O–H groups in total. The minimum absolute atomic E-state index is 0.132. The van der Waals surface area contributed by atoms with Crippen molar-refractivity contribution < 1.29 is 14.3 Å². The van der Waals surface area contributed by atoms with Crippen LogP contribution < -0.4 is 10.1 Å². The van der Waals surface area contributed by atoms with Crippen molar-refractivity contribution in [1.29, 1.82) is 0 Å². The molecule has 0 aromatic heterocycles. The first-order valence-electron chi connectivity index (χ1n) is 11.1. The molecule has 1 heterocycles. The van der Waals surface area contributed by atoms with Gasteiger partial charge in [-0.25, -0.2) is 0 Å². The summed E-state index contributed by atoms with van der Waals surface area (Å²) in [4.78, 5) is 26.1. The topological polar surface area (TPSA) is 55.4 Å².